The quantitative estimate of drug-likeness (QED) is 0.261. The monoisotopic (exact) mass is 424 g/mol. The maximum absolute atomic E-state index is 5.91. The average Bonchev–Trinajstić information content (AvgIpc) is 2.66. The number of thioether (sulfide) groups is 1. The third kappa shape index (κ3) is 8.01. The van der Waals surface area contributed by atoms with Crippen molar-refractivity contribution >= 4 is 35.0 Å². The summed E-state index contributed by atoms with van der Waals surface area (Å²) in [6, 6.07) is 12.7. The SMILES string of the molecule is Cc1cccc(C(CCCCCl)SC(CCCCCl)c2cccc(C)n2)n1. The van der Waals surface area contributed by atoms with Crippen molar-refractivity contribution in [3.05, 3.63) is 59.2 Å². The van der Waals surface area contributed by atoms with E-state index in [1.165, 1.54) is 11.4 Å². The van der Waals surface area contributed by atoms with Crippen molar-refractivity contribution in [2.45, 2.75) is 62.9 Å². The molecule has 2 rings (SSSR count). The number of aryl methyl sites for hydroxylation is 2. The topological polar surface area (TPSA) is 25.8 Å². The smallest absolute Gasteiger partial charge is 0.0537 e. The Morgan fingerprint density at radius 1 is 0.741 bits per heavy atom. The van der Waals surface area contributed by atoms with Gasteiger partial charge in [-0.05, 0) is 63.8 Å². The fraction of sp³-hybridized carbons (Fsp3) is 0.545. The summed E-state index contributed by atoms with van der Waals surface area (Å²) < 4.78 is 0. The van der Waals surface area contributed by atoms with Crippen LogP contribution >= 0.6 is 35.0 Å². The van der Waals surface area contributed by atoms with Gasteiger partial charge in [-0.1, -0.05) is 25.0 Å². The molecule has 148 valence electrons. The maximum Gasteiger partial charge on any atom is 0.0537 e. The molecule has 0 amide bonds. The Balaban J connectivity index is 2.21. The van der Waals surface area contributed by atoms with E-state index in [1.807, 2.05) is 11.8 Å². The molecule has 0 N–H and O–H groups in total. The maximum atomic E-state index is 5.91. The van der Waals surface area contributed by atoms with Crippen molar-refractivity contribution in [3.63, 3.8) is 0 Å². The molecule has 0 aliphatic carbocycles. The summed E-state index contributed by atoms with van der Waals surface area (Å²) in [5.74, 6) is 1.44. The molecule has 5 heteroatoms. The van der Waals surface area contributed by atoms with Gasteiger partial charge in [-0.25, -0.2) is 0 Å². The van der Waals surface area contributed by atoms with Crippen molar-refractivity contribution < 1.29 is 0 Å². The van der Waals surface area contributed by atoms with E-state index in [9.17, 15) is 0 Å². The molecule has 0 bridgehead atoms. The van der Waals surface area contributed by atoms with Gasteiger partial charge >= 0.3 is 0 Å². The Kier molecular flexibility index (Phi) is 10.5. The van der Waals surface area contributed by atoms with E-state index in [0.717, 1.165) is 61.7 Å². The van der Waals surface area contributed by atoms with E-state index in [2.05, 4.69) is 50.2 Å². The number of alkyl halides is 2. The van der Waals surface area contributed by atoms with Crippen LogP contribution in [0.2, 0.25) is 0 Å². The van der Waals surface area contributed by atoms with Gasteiger partial charge in [0.1, 0.15) is 0 Å². The van der Waals surface area contributed by atoms with Crippen molar-refractivity contribution in [2.24, 2.45) is 0 Å². The van der Waals surface area contributed by atoms with E-state index >= 15 is 0 Å². The number of aromatic nitrogens is 2. The van der Waals surface area contributed by atoms with Crippen LogP contribution in [-0.2, 0) is 0 Å². The number of hydrogen-bond acceptors (Lipinski definition) is 3. The van der Waals surface area contributed by atoms with E-state index in [1.54, 1.807) is 0 Å². The Morgan fingerprint density at radius 3 is 1.56 bits per heavy atom. The molecule has 0 saturated carbocycles. The van der Waals surface area contributed by atoms with E-state index < -0.39 is 0 Å². The third-order valence-electron chi connectivity index (χ3n) is 4.51. The highest BCUT2D eigenvalue weighted by Gasteiger charge is 2.22. The number of rotatable bonds is 12. The normalized spacial score (nSPS) is 13.5. The molecule has 2 unspecified atom stereocenters. The summed E-state index contributed by atoms with van der Waals surface area (Å²) in [4.78, 5) is 9.64. The molecular weight excluding hydrogens is 395 g/mol. The van der Waals surface area contributed by atoms with Gasteiger partial charge in [-0.2, -0.15) is 0 Å². The fourth-order valence-electron chi connectivity index (χ4n) is 3.10. The van der Waals surface area contributed by atoms with E-state index in [0.29, 0.717) is 10.5 Å². The molecule has 0 aromatic carbocycles. The van der Waals surface area contributed by atoms with Crippen LogP contribution in [0.15, 0.2) is 36.4 Å². The van der Waals surface area contributed by atoms with Gasteiger partial charge in [-0.15, -0.1) is 35.0 Å². The number of unbranched alkanes of at least 4 members (excludes halogenated alkanes) is 2. The van der Waals surface area contributed by atoms with Gasteiger partial charge in [-0.3, -0.25) is 9.97 Å². The fourth-order valence-corrected chi connectivity index (χ4v) is 5.03. The lowest BCUT2D eigenvalue weighted by Crippen LogP contribution is -2.06. The van der Waals surface area contributed by atoms with E-state index in [4.69, 9.17) is 33.2 Å². The lowest BCUT2D eigenvalue weighted by atomic mass is 10.1. The predicted octanol–water partition coefficient (Wildman–Crippen LogP) is 7.43. The molecule has 2 atom stereocenters. The summed E-state index contributed by atoms with van der Waals surface area (Å²) in [6.45, 7) is 4.12. The summed E-state index contributed by atoms with van der Waals surface area (Å²) in [7, 11) is 0. The number of halogens is 2. The zero-order valence-electron chi connectivity index (χ0n) is 16.3. The summed E-state index contributed by atoms with van der Waals surface area (Å²) in [5, 5.41) is 0.716. The van der Waals surface area contributed by atoms with Crippen LogP contribution in [0, 0.1) is 13.8 Å². The van der Waals surface area contributed by atoms with Gasteiger partial charge in [0.15, 0.2) is 0 Å². The minimum atomic E-state index is 0.358. The molecule has 0 saturated heterocycles. The molecule has 2 aromatic heterocycles. The zero-order chi connectivity index (χ0) is 19.5. The molecule has 0 aliphatic rings. The highest BCUT2D eigenvalue weighted by atomic mass is 35.5. The minimum Gasteiger partial charge on any atom is -0.257 e. The largest absolute Gasteiger partial charge is 0.257 e. The van der Waals surface area contributed by atoms with E-state index in [-0.39, 0.29) is 0 Å². The van der Waals surface area contributed by atoms with Crippen molar-refractivity contribution in [1.29, 1.82) is 0 Å². The first-order valence-electron chi connectivity index (χ1n) is 9.78. The van der Waals surface area contributed by atoms with Gasteiger partial charge in [0.25, 0.3) is 0 Å². The van der Waals surface area contributed by atoms with Gasteiger partial charge in [0, 0.05) is 33.6 Å². The summed E-state index contributed by atoms with van der Waals surface area (Å²) in [5.41, 5.74) is 4.49. The highest BCUT2D eigenvalue weighted by Crippen LogP contribution is 2.44. The molecule has 2 heterocycles. The lowest BCUT2D eigenvalue weighted by Gasteiger charge is -2.23. The molecule has 0 spiro atoms. The number of hydrogen-bond donors (Lipinski definition) is 0. The molecule has 0 fully saturated rings. The Bertz CT molecular complexity index is 623. The van der Waals surface area contributed by atoms with Crippen LogP contribution in [0.1, 0.15) is 71.8 Å². The second-order valence-electron chi connectivity index (χ2n) is 6.89. The Morgan fingerprint density at radius 2 is 1.19 bits per heavy atom. The summed E-state index contributed by atoms with van der Waals surface area (Å²) >= 11 is 13.8. The molecule has 0 aliphatic heterocycles. The van der Waals surface area contributed by atoms with Gasteiger partial charge < -0.3 is 0 Å². The van der Waals surface area contributed by atoms with Crippen molar-refractivity contribution in [3.8, 4) is 0 Å². The van der Waals surface area contributed by atoms with Crippen molar-refractivity contribution in [1.82, 2.24) is 9.97 Å². The molecular formula is C22H30Cl2N2S. The van der Waals surface area contributed by atoms with Gasteiger partial charge in [0.2, 0.25) is 0 Å². The molecule has 2 nitrogen and oxygen atoms in total. The first-order valence-corrected chi connectivity index (χ1v) is 11.8. The molecule has 27 heavy (non-hydrogen) atoms. The first kappa shape index (κ1) is 22.5. The second kappa shape index (κ2) is 12.6. The van der Waals surface area contributed by atoms with Crippen LogP contribution < -0.4 is 0 Å². The van der Waals surface area contributed by atoms with Crippen LogP contribution in [0.25, 0.3) is 0 Å². The predicted molar refractivity (Wildman–Crippen MR) is 120 cm³/mol. The highest BCUT2D eigenvalue weighted by molar-refractivity contribution is 7.99. The van der Waals surface area contributed by atoms with Crippen LogP contribution in [0.3, 0.4) is 0 Å². The second-order valence-corrected chi connectivity index (χ2v) is 9.06. The standard InChI is InChI=1S/C22H30Cl2N2S/c1-17-9-7-11-19(25-17)21(13-3-5-15-23)27-22(14-4-6-16-24)20-12-8-10-18(2)26-20/h7-12,21-22H,3-6,13-16H2,1-2H3. The molecule has 2 aromatic rings. The Hall–Kier alpha value is -0.770. The zero-order valence-corrected chi connectivity index (χ0v) is 18.7. The minimum absolute atomic E-state index is 0.358. The average molecular weight is 425 g/mol. The number of nitrogens with zero attached hydrogens (tertiary/aromatic N) is 2. The lowest BCUT2D eigenvalue weighted by molar-refractivity contribution is 0.672. The Labute approximate surface area is 178 Å². The van der Waals surface area contributed by atoms with Crippen LogP contribution in [0.5, 0.6) is 0 Å². The first-order chi connectivity index (χ1) is 13.1. The third-order valence-corrected chi connectivity index (χ3v) is 6.65. The van der Waals surface area contributed by atoms with Crippen LogP contribution in [0.4, 0.5) is 0 Å². The van der Waals surface area contributed by atoms with Crippen molar-refractivity contribution in [2.75, 3.05) is 11.8 Å². The number of pyridine rings is 2. The van der Waals surface area contributed by atoms with Gasteiger partial charge in [0.05, 0.1) is 11.4 Å². The van der Waals surface area contributed by atoms with Crippen LogP contribution in [-0.4, -0.2) is 21.7 Å². The molecule has 0 radical (unpaired) electrons. The summed E-state index contributed by atoms with van der Waals surface area (Å²) in [6.07, 6.45) is 6.50.